The Labute approximate surface area is 209 Å². The third-order valence-electron chi connectivity index (χ3n) is 5.05. The Balaban J connectivity index is 1.73. The molecule has 37 heavy (non-hydrogen) atoms. The lowest BCUT2D eigenvalue weighted by molar-refractivity contribution is -0.136. The monoisotopic (exact) mass is 518 g/mol. The first-order valence-electron chi connectivity index (χ1n) is 10.9. The van der Waals surface area contributed by atoms with Crippen molar-refractivity contribution in [3.63, 3.8) is 0 Å². The highest BCUT2D eigenvalue weighted by Gasteiger charge is 2.32. The molecule has 2 amide bonds. The van der Waals surface area contributed by atoms with Gasteiger partial charge in [0, 0.05) is 5.70 Å². The van der Waals surface area contributed by atoms with Gasteiger partial charge in [0.25, 0.3) is 5.56 Å². The highest BCUT2D eigenvalue weighted by atomic mass is 16.5. The van der Waals surface area contributed by atoms with Gasteiger partial charge in [0.05, 0.1) is 31.5 Å². The van der Waals surface area contributed by atoms with E-state index in [1.165, 1.54) is 7.11 Å². The number of H-pyrrole nitrogens is 2. The number of ether oxygens (including phenoxy) is 3. The standard InChI is InChI=1S/C22H26N6O9/c1-4-36-14-7-11(17-16(20(32)35-3)10(2)24-21(33)25-17)5-6-13(14)37-9-15(29)28-23-8-12-18(30)26-22(34)27-19(12)31/h5-8,15,17,28-29H,4,9H2,1-3H3,(H2,24,25,33)(H3,26,27,30,31,34)/b23-8+/t15-,17-/m1/s1. The number of aromatic amines is 2. The summed E-state index contributed by atoms with van der Waals surface area (Å²) in [5.41, 5.74) is 1.34. The maximum absolute atomic E-state index is 12.3. The molecular formula is C22H26N6O9. The average Bonchev–Trinajstić information content (AvgIpc) is 2.84. The molecule has 1 aliphatic rings. The van der Waals surface area contributed by atoms with Crippen LogP contribution in [0.25, 0.3) is 0 Å². The van der Waals surface area contributed by atoms with Gasteiger partial charge in [-0.25, -0.2) is 14.4 Å². The smallest absolute Gasteiger partial charge is 0.337 e. The summed E-state index contributed by atoms with van der Waals surface area (Å²) < 4.78 is 16.1. The van der Waals surface area contributed by atoms with E-state index in [-0.39, 0.29) is 35.8 Å². The van der Waals surface area contributed by atoms with E-state index in [1.54, 1.807) is 32.0 Å². The summed E-state index contributed by atoms with van der Waals surface area (Å²) in [6.45, 7) is 3.32. The third kappa shape index (κ3) is 6.46. The Bertz CT molecular complexity index is 1350. The first-order chi connectivity index (χ1) is 17.6. The van der Waals surface area contributed by atoms with Gasteiger partial charge in [0.1, 0.15) is 12.2 Å². The van der Waals surface area contributed by atoms with Crippen LogP contribution in [0.1, 0.15) is 31.0 Å². The first kappa shape index (κ1) is 26.8. The van der Waals surface area contributed by atoms with Gasteiger partial charge in [-0.2, -0.15) is 5.10 Å². The number of carbonyl (C=O) groups excluding carboxylic acids is 2. The van der Waals surface area contributed by atoms with Gasteiger partial charge in [-0.05, 0) is 31.5 Å². The largest absolute Gasteiger partial charge is 0.494 e. The minimum absolute atomic E-state index is 0.225. The first-order valence-corrected chi connectivity index (χ1v) is 10.9. The minimum atomic E-state index is -1.34. The number of rotatable bonds is 10. The lowest BCUT2D eigenvalue weighted by Gasteiger charge is -2.28. The average molecular weight is 518 g/mol. The lowest BCUT2D eigenvalue weighted by atomic mass is 9.95. The zero-order chi connectivity index (χ0) is 27.1. The van der Waals surface area contributed by atoms with Crippen LogP contribution in [-0.2, 0) is 9.53 Å². The van der Waals surface area contributed by atoms with Crippen LogP contribution in [0, 0.1) is 0 Å². The summed E-state index contributed by atoms with van der Waals surface area (Å²) in [5, 5.41) is 28.6. The van der Waals surface area contributed by atoms with E-state index in [1.807, 2.05) is 9.97 Å². The normalized spacial score (nSPS) is 16.1. The van der Waals surface area contributed by atoms with Gasteiger partial charge >= 0.3 is 17.7 Å². The Morgan fingerprint density at radius 3 is 2.65 bits per heavy atom. The number of allylic oxidation sites excluding steroid dienone is 1. The van der Waals surface area contributed by atoms with Crippen LogP contribution >= 0.6 is 0 Å². The van der Waals surface area contributed by atoms with Crippen LogP contribution in [0.2, 0.25) is 0 Å². The van der Waals surface area contributed by atoms with E-state index in [4.69, 9.17) is 14.2 Å². The summed E-state index contributed by atoms with van der Waals surface area (Å²) in [4.78, 5) is 51.1. The van der Waals surface area contributed by atoms with Crippen LogP contribution in [0.4, 0.5) is 4.79 Å². The number of methoxy groups -OCH3 is 1. The number of hydrogen-bond acceptors (Lipinski definition) is 11. The van der Waals surface area contributed by atoms with Crippen LogP contribution in [0.5, 0.6) is 17.4 Å². The fourth-order valence-electron chi connectivity index (χ4n) is 3.41. The molecule has 0 fully saturated rings. The minimum Gasteiger partial charge on any atom is -0.494 e. The van der Waals surface area contributed by atoms with Crippen molar-refractivity contribution in [2.75, 3.05) is 20.3 Å². The van der Waals surface area contributed by atoms with E-state index in [0.29, 0.717) is 11.3 Å². The Morgan fingerprint density at radius 2 is 1.97 bits per heavy atom. The van der Waals surface area contributed by atoms with Crippen molar-refractivity contribution in [3.8, 4) is 17.4 Å². The molecular weight excluding hydrogens is 492 g/mol. The lowest BCUT2D eigenvalue weighted by Crippen LogP contribution is -2.45. The second-order valence-electron chi connectivity index (χ2n) is 7.59. The molecule has 15 nitrogen and oxygen atoms in total. The van der Waals surface area contributed by atoms with Gasteiger partial charge in [-0.15, -0.1) is 0 Å². The zero-order valence-corrected chi connectivity index (χ0v) is 20.1. The SMILES string of the molecule is CCOc1cc([C@H]2NC(=O)NC(C)=C2C(=O)OC)ccc1OC[C@@H](O)N/N=C/c1c(O)[nH]c(=O)[nH]c1=O. The molecule has 0 unspecified atom stereocenters. The molecule has 2 atom stereocenters. The van der Waals surface area contributed by atoms with E-state index >= 15 is 0 Å². The molecule has 1 aliphatic heterocycles. The second-order valence-corrected chi connectivity index (χ2v) is 7.59. The number of aliphatic hydroxyl groups excluding tert-OH is 1. The van der Waals surface area contributed by atoms with Gasteiger partial charge in [-0.1, -0.05) is 6.07 Å². The van der Waals surface area contributed by atoms with E-state index in [2.05, 4.69) is 21.2 Å². The Hall–Kier alpha value is -4.79. The number of nitrogens with one attached hydrogen (secondary N) is 5. The van der Waals surface area contributed by atoms with Crippen molar-refractivity contribution in [3.05, 3.63) is 61.4 Å². The summed E-state index contributed by atoms with van der Waals surface area (Å²) in [7, 11) is 1.24. The number of benzene rings is 1. The number of aliphatic hydroxyl groups is 1. The highest BCUT2D eigenvalue weighted by Crippen LogP contribution is 2.34. The fourth-order valence-corrected chi connectivity index (χ4v) is 3.41. The molecule has 2 heterocycles. The summed E-state index contributed by atoms with van der Waals surface area (Å²) in [6, 6.07) is 3.47. The quantitative estimate of drug-likeness (QED) is 0.0907. The molecule has 3 rings (SSSR count). The Kier molecular flexibility index (Phi) is 8.52. The van der Waals surface area contributed by atoms with Crippen LogP contribution in [0.15, 0.2) is 44.2 Å². The molecule has 15 heteroatoms. The number of aromatic nitrogens is 2. The summed E-state index contributed by atoms with van der Waals surface area (Å²) in [5.74, 6) is -0.752. The molecule has 198 valence electrons. The molecule has 0 spiro atoms. The third-order valence-corrected chi connectivity index (χ3v) is 5.05. The number of aromatic hydroxyl groups is 1. The molecule has 0 saturated heterocycles. The number of urea groups is 1. The molecule has 7 N–H and O–H groups in total. The number of amides is 2. The second kappa shape index (κ2) is 11.8. The van der Waals surface area contributed by atoms with E-state index in [0.717, 1.165) is 6.21 Å². The van der Waals surface area contributed by atoms with Crippen molar-refractivity contribution in [2.24, 2.45) is 5.10 Å². The number of carbonyl (C=O) groups is 2. The summed E-state index contributed by atoms with van der Waals surface area (Å²) in [6.07, 6.45) is -0.426. The Morgan fingerprint density at radius 1 is 1.22 bits per heavy atom. The van der Waals surface area contributed by atoms with Gasteiger partial charge in [-0.3, -0.25) is 20.2 Å². The van der Waals surface area contributed by atoms with Crippen molar-refractivity contribution >= 4 is 18.2 Å². The number of hydrogen-bond donors (Lipinski definition) is 7. The predicted molar refractivity (Wildman–Crippen MR) is 128 cm³/mol. The van der Waals surface area contributed by atoms with E-state index in [9.17, 15) is 29.4 Å². The summed E-state index contributed by atoms with van der Waals surface area (Å²) >= 11 is 0. The van der Waals surface area contributed by atoms with Crippen molar-refractivity contribution in [2.45, 2.75) is 26.1 Å². The molecule has 0 saturated carbocycles. The van der Waals surface area contributed by atoms with E-state index < -0.39 is 41.4 Å². The van der Waals surface area contributed by atoms with Crippen LogP contribution in [0.3, 0.4) is 0 Å². The van der Waals surface area contributed by atoms with Gasteiger partial charge in [0.15, 0.2) is 17.7 Å². The zero-order valence-electron chi connectivity index (χ0n) is 20.1. The topological polar surface area (TPSA) is 216 Å². The maximum atomic E-state index is 12.3. The van der Waals surface area contributed by atoms with Crippen molar-refractivity contribution in [1.82, 2.24) is 26.0 Å². The highest BCUT2D eigenvalue weighted by molar-refractivity contribution is 5.95. The number of hydrazone groups is 1. The van der Waals surface area contributed by atoms with Gasteiger partial charge < -0.3 is 35.1 Å². The van der Waals surface area contributed by atoms with Crippen molar-refractivity contribution < 1.29 is 34.0 Å². The maximum Gasteiger partial charge on any atom is 0.337 e. The predicted octanol–water partition coefficient (Wildman–Crippen LogP) is -0.711. The molecule has 0 radical (unpaired) electrons. The number of esters is 1. The molecule has 2 aromatic rings. The van der Waals surface area contributed by atoms with Crippen LogP contribution in [-0.4, -0.2) is 64.9 Å². The molecule has 0 aliphatic carbocycles. The van der Waals surface area contributed by atoms with Crippen molar-refractivity contribution in [1.29, 1.82) is 0 Å². The molecule has 1 aromatic heterocycles. The molecule has 0 bridgehead atoms. The van der Waals surface area contributed by atoms with Crippen LogP contribution < -0.4 is 36.8 Å². The molecule has 1 aromatic carbocycles. The fraction of sp³-hybridized carbons (Fsp3) is 0.318. The van der Waals surface area contributed by atoms with Gasteiger partial charge in [0.2, 0.25) is 5.88 Å². The number of nitrogens with zero attached hydrogens (tertiary/aromatic N) is 1.